The molecule has 0 aromatic heterocycles. The lowest BCUT2D eigenvalue weighted by atomic mass is 9.98. The van der Waals surface area contributed by atoms with Gasteiger partial charge in [0.2, 0.25) is 0 Å². The third-order valence-corrected chi connectivity index (χ3v) is 2.24. The van der Waals surface area contributed by atoms with Gasteiger partial charge in [-0.05, 0) is 25.7 Å². The minimum atomic E-state index is -1.03. The summed E-state index contributed by atoms with van der Waals surface area (Å²) in [5, 5.41) is 0. The summed E-state index contributed by atoms with van der Waals surface area (Å²) in [5.41, 5.74) is 0. The van der Waals surface area contributed by atoms with E-state index in [1.807, 2.05) is 0 Å². The molecule has 0 heterocycles. The van der Waals surface area contributed by atoms with Gasteiger partial charge in [0, 0.05) is 6.92 Å². The van der Waals surface area contributed by atoms with E-state index in [2.05, 4.69) is 16.8 Å². The molecule has 15 heavy (non-hydrogen) atoms. The SMILES string of the molecule is CC#COC(=O)C(=O)OC1CCCCC1. The number of carbonyl (C=O) groups excluding carboxylic acids is 2. The molecule has 1 fully saturated rings. The third-order valence-electron chi connectivity index (χ3n) is 2.24. The first kappa shape index (κ1) is 11.6. The predicted molar refractivity (Wildman–Crippen MR) is 52.5 cm³/mol. The van der Waals surface area contributed by atoms with E-state index < -0.39 is 11.9 Å². The normalized spacial score (nSPS) is 16.1. The van der Waals surface area contributed by atoms with Crippen molar-refractivity contribution in [3.8, 4) is 12.0 Å². The number of esters is 2. The Hall–Kier alpha value is -1.50. The van der Waals surface area contributed by atoms with Gasteiger partial charge in [-0.3, -0.25) is 0 Å². The quantitative estimate of drug-likeness (QED) is 0.373. The van der Waals surface area contributed by atoms with Crippen LogP contribution in [0.15, 0.2) is 0 Å². The summed E-state index contributed by atoms with van der Waals surface area (Å²) in [6.07, 6.45) is 6.85. The molecule has 82 valence electrons. The van der Waals surface area contributed by atoms with E-state index >= 15 is 0 Å². The average molecular weight is 210 g/mol. The Balaban J connectivity index is 2.32. The van der Waals surface area contributed by atoms with Crippen LogP contribution in [0.3, 0.4) is 0 Å². The van der Waals surface area contributed by atoms with Gasteiger partial charge in [-0.25, -0.2) is 9.59 Å². The molecular formula is C11H14O4. The molecule has 4 nitrogen and oxygen atoms in total. The maximum atomic E-state index is 11.2. The lowest BCUT2D eigenvalue weighted by Crippen LogP contribution is -2.26. The summed E-state index contributed by atoms with van der Waals surface area (Å²) in [6, 6.07) is 0. The van der Waals surface area contributed by atoms with Gasteiger partial charge in [0.05, 0.1) is 0 Å². The second-order valence-electron chi connectivity index (χ2n) is 3.41. The molecule has 1 saturated carbocycles. The van der Waals surface area contributed by atoms with Crippen molar-refractivity contribution < 1.29 is 19.1 Å². The van der Waals surface area contributed by atoms with Crippen molar-refractivity contribution in [3.63, 3.8) is 0 Å². The molecule has 1 rings (SSSR count). The minimum absolute atomic E-state index is 0.131. The molecular weight excluding hydrogens is 196 g/mol. The molecule has 0 aromatic carbocycles. The highest BCUT2D eigenvalue weighted by Gasteiger charge is 2.23. The van der Waals surface area contributed by atoms with Crippen molar-refractivity contribution in [1.82, 2.24) is 0 Å². The smallest absolute Gasteiger partial charge is 0.431 e. The maximum absolute atomic E-state index is 11.2. The topological polar surface area (TPSA) is 52.6 Å². The first-order chi connectivity index (χ1) is 7.24. The molecule has 0 bridgehead atoms. The molecule has 0 N–H and O–H groups in total. The Kier molecular flexibility index (Phi) is 4.69. The summed E-state index contributed by atoms with van der Waals surface area (Å²) in [4.78, 5) is 22.1. The number of ether oxygens (including phenoxy) is 2. The van der Waals surface area contributed by atoms with Crippen molar-refractivity contribution in [3.05, 3.63) is 0 Å². The highest BCUT2D eigenvalue weighted by Crippen LogP contribution is 2.20. The zero-order chi connectivity index (χ0) is 11.1. The fraction of sp³-hybridized carbons (Fsp3) is 0.636. The van der Waals surface area contributed by atoms with Crippen molar-refractivity contribution in [2.24, 2.45) is 0 Å². The standard InChI is InChI=1S/C11H14O4/c1-2-8-14-10(12)11(13)15-9-6-4-3-5-7-9/h9H,3-7H2,1H3. The van der Waals surface area contributed by atoms with E-state index in [9.17, 15) is 9.59 Å². The first-order valence-electron chi connectivity index (χ1n) is 5.07. The Labute approximate surface area is 88.9 Å². The van der Waals surface area contributed by atoms with Crippen LogP contribution in [0, 0.1) is 12.0 Å². The van der Waals surface area contributed by atoms with Crippen LogP contribution in [-0.4, -0.2) is 18.0 Å². The zero-order valence-corrected chi connectivity index (χ0v) is 8.75. The Morgan fingerprint density at radius 3 is 2.40 bits per heavy atom. The van der Waals surface area contributed by atoms with Crippen LogP contribution in [0.2, 0.25) is 0 Å². The predicted octanol–water partition coefficient (Wildman–Crippen LogP) is 1.39. The second kappa shape index (κ2) is 6.07. The van der Waals surface area contributed by atoms with Crippen LogP contribution >= 0.6 is 0 Å². The molecule has 1 aliphatic carbocycles. The number of hydrogen-bond acceptors (Lipinski definition) is 4. The van der Waals surface area contributed by atoms with E-state index in [1.165, 1.54) is 13.3 Å². The van der Waals surface area contributed by atoms with Gasteiger partial charge in [0.25, 0.3) is 0 Å². The summed E-state index contributed by atoms with van der Waals surface area (Å²) in [5.74, 6) is 0.384. The molecule has 0 amide bonds. The van der Waals surface area contributed by atoms with Crippen molar-refractivity contribution in [1.29, 1.82) is 0 Å². The Morgan fingerprint density at radius 2 is 1.80 bits per heavy atom. The Morgan fingerprint density at radius 1 is 1.13 bits per heavy atom. The van der Waals surface area contributed by atoms with Crippen LogP contribution in [-0.2, 0) is 19.1 Å². The molecule has 0 saturated heterocycles. The molecule has 0 atom stereocenters. The van der Waals surface area contributed by atoms with Gasteiger partial charge in [-0.15, -0.1) is 0 Å². The molecule has 4 heteroatoms. The summed E-state index contributed by atoms with van der Waals surface area (Å²) in [6.45, 7) is 1.51. The van der Waals surface area contributed by atoms with E-state index in [0.717, 1.165) is 25.7 Å². The van der Waals surface area contributed by atoms with Crippen LogP contribution in [0.4, 0.5) is 0 Å². The fourth-order valence-corrected chi connectivity index (χ4v) is 1.52. The highest BCUT2D eigenvalue weighted by molar-refractivity contribution is 6.30. The minimum Gasteiger partial charge on any atom is -0.454 e. The van der Waals surface area contributed by atoms with E-state index in [4.69, 9.17) is 4.74 Å². The monoisotopic (exact) mass is 210 g/mol. The molecule has 0 spiro atoms. The van der Waals surface area contributed by atoms with Crippen molar-refractivity contribution >= 4 is 11.9 Å². The summed E-state index contributed by atoms with van der Waals surface area (Å²) < 4.78 is 9.29. The van der Waals surface area contributed by atoms with E-state index in [1.54, 1.807) is 0 Å². The number of carbonyl (C=O) groups is 2. The van der Waals surface area contributed by atoms with Crippen molar-refractivity contribution in [2.75, 3.05) is 0 Å². The van der Waals surface area contributed by atoms with Crippen LogP contribution in [0.5, 0.6) is 0 Å². The maximum Gasteiger partial charge on any atom is 0.431 e. The third kappa shape index (κ3) is 4.03. The van der Waals surface area contributed by atoms with Gasteiger partial charge < -0.3 is 9.47 Å². The van der Waals surface area contributed by atoms with Crippen molar-refractivity contribution in [2.45, 2.75) is 45.1 Å². The van der Waals surface area contributed by atoms with Gasteiger partial charge in [-0.1, -0.05) is 12.3 Å². The van der Waals surface area contributed by atoms with E-state index in [-0.39, 0.29) is 6.10 Å². The summed E-state index contributed by atoms with van der Waals surface area (Å²) in [7, 11) is 0. The van der Waals surface area contributed by atoms with Gasteiger partial charge in [-0.2, -0.15) is 0 Å². The van der Waals surface area contributed by atoms with Gasteiger partial charge in [0.1, 0.15) is 12.2 Å². The molecule has 1 aliphatic rings. The number of rotatable bonds is 1. The fourth-order valence-electron chi connectivity index (χ4n) is 1.52. The Bertz CT molecular complexity index is 291. The zero-order valence-electron chi connectivity index (χ0n) is 8.75. The second-order valence-corrected chi connectivity index (χ2v) is 3.41. The van der Waals surface area contributed by atoms with Gasteiger partial charge in [0.15, 0.2) is 0 Å². The average Bonchev–Trinajstić information content (AvgIpc) is 2.27. The van der Waals surface area contributed by atoms with Gasteiger partial charge >= 0.3 is 11.9 Å². The molecule has 0 radical (unpaired) electrons. The molecule has 0 aromatic rings. The molecule has 0 unspecified atom stereocenters. The number of hydrogen-bond donors (Lipinski definition) is 0. The lowest BCUT2D eigenvalue weighted by Gasteiger charge is -2.20. The lowest BCUT2D eigenvalue weighted by molar-refractivity contribution is -0.168. The largest absolute Gasteiger partial charge is 0.454 e. The van der Waals surface area contributed by atoms with E-state index in [0.29, 0.717) is 0 Å². The van der Waals surface area contributed by atoms with Crippen LogP contribution in [0.25, 0.3) is 0 Å². The van der Waals surface area contributed by atoms with Crippen LogP contribution < -0.4 is 0 Å². The summed E-state index contributed by atoms with van der Waals surface area (Å²) >= 11 is 0. The van der Waals surface area contributed by atoms with Crippen LogP contribution in [0.1, 0.15) is 39.0 Å². The highest BCUT2D eigenvalue weighted by atomic mass is 16.6. The first-order valence-corrected chi connectivity index (χ1v) is 5.07. The molecule has 0 aliphatic heterocycles.